The van der Waals surface area contributed by atoms with Gasteiger partial charge in [-0.3, -0.25) is 4.79 Å². The van der Waals surface area contributed by atoms with Crippen molar-refractivity contribution in [1.82, 2.24) is 5.32 Å². The van der Waals surface area contributed by atoms with Crippen LogP contribution in [-0.2, 0) is 11.3 Å². The minimum absolute atomic E-state index is 0.00650. The van der Waals surface area contributed by atoms with Crippen molar-refractivity contribution >= 4 is 33.2 Å². The number of hydrogen-bond donors (Lipinski definition) is 2. The van der Waals surface area contributed by atoms with Gasteiger partial charge in [-0.25, -0.2) is 0 Å². The predicted molar refractivity (Wildman–Crippen MR) is 57.5 cm³/mol. The lowest BCUT2D eigenvalue weighted by molar-refractivity contribution is -0.121. The maximum atomic E-state index is 11.0. The van der Waals surface area contributed by atoms with E-state index in [2.05, 4.69) is 21.2 Å². The first-order valence-electron chi connectivity index (χ1n) is 3.93. The number of nitrogens with one attached hydrogen (secondary N) is 1. The third-order valence-corrected chi connectivity index (χ3v) is 3.08. The molecule has 0 aliphatic heterocycles. The topological polar surface area (TPSA) is 55.1 Å². The molecule has 72 valence electrons. The van der Waals surface area contributed by atoms with Crippen LogP contribution in [0.15, 0.2) is 15.9 Å². The molecule has 0 saturated carbocycles. The Morgan fingerprint density at radius 3 is 2.92 bits per heavy atom. The van der Waals surface area contributed by atoms with Crippen molar-refractivity contribution in [2.24, 2.45) is 5.73 Å². The highest BCUT2D eigenvalue weighted by Gasteiger charge is 2.01. The van der Waals surface area contributed by atoms with E-state index in [1.54, 1.807) is 11.3 Å². The average molecular weight is 263 g/mol. The first-order valence-corrected chi connectivity index (χ1v) is 5.54. The Morgan fingerprint density at radius 2 is 2.38 bits per heavy atom. The first kappa shape index (κ1) is 10.7. The van der Waals surface area contributed by atoms with Gasteiger partial charge in [-0.15, -0.1) is 11.3 Å². The molecule has 1 aromatic heterocycles. The SMILES string of the molecule is NCCC(=O)NCc1ccc(Br)s1. The van der Waals surface area contributed by atoms with Gasteiger partial charge >= 0.3 is 0 Å². The summed E-state index contributed by atoms with van der Waals surface area (Å²) in [4.78, 5) is 12.2. The van der Waals surface area contributed by atoms with Gasteiger partial charge < -0.3 is 11.1 Å². The molecule has 0 atom stereocenters. The summed E-state index contributed by atoms with van der Waals surface area (Å²) in [6, 6.07) is 3.95. The van der Waals surface area contributed by atoms with Gasteiger partial charge in [-0.2, -0.15) is 0 Å². The molecule has 0 fully saturated rings. The molecule has 0 bridgehead atoms. The number of hydrogen-bond acceptors (Lipinski definition) is 3. The molecule has 3 N–H and O–H groups in total. The summed E-state index contributed by atoms with van der Waals surface area (Å²) in [5, 5.41) is 2.78. The zero-order valence-electron chi connectivity index (χ0n) is 7.05. The summed E-state index contributed by atoms with van der Waals surface area (Å²) >= 11 is 4.97. The Morgan fingerprint density at radius 1 is 1.62 bits per heavy atom. The Kier molecular flexibility index (Phi) is 4.41. The number of carbonyl (C=O) groups is 1. The fourth-order valence-electron chi connectivity index (χ4n) is 0.852. The molecule has 1 aromatic rings. The van der Waals surface area contributed by atoms with Crippen molar-refractivity contribution < 1.29 is 4.79 Å². The van der Waals surface area contributed by atoms with E-state index < -0.39 is 0 Å². The van der Waals surface area contributed by atoms with E-state index in [4.69, 9.17) is 5.73 Å². The van der Waals surface area contributed by atoms with Crippen molar-refractivity contribution in [2.75, 3.05) is 6.54 Å². The Bertz CT molecular complexity index is 287. The fraction of sp³-hybridized carbons (Fsp3) is 0.375. The van der Waals surface area contributed by atoms with Gasteiger partial charge in [0.2, 0.25) is 5.91 Å². The monoisotopic (exact) mass is 262 g/mol. The summed E-state index contributed by atoms with van der Waals surface area (Å²) in [5.41, 5.74) is 5.24. The number of carbonyl (C=O) groups excluding carboxylic acids is 1. The molecular formula is C8H11BrN2OS. The fourth-order valence-corrected chi connectivity index (χ4v) is 2.27. The second-order valence-corrected chi connectivity index (χ2v) is 5.07. The van der Waals surface area contributed by atoms with Crippen LogP contribution < -0.4 is 11.1 Å². The van der Waals surface area contributed by atoms with Gasteiger partial charge in [0.25, 0.3) is 0 Å². The standard InChI is InChI=1S/C8H11BrN2OS/c9-7-2-1-6(13-7)5-11-8(12)3-4-10/h1-2H,3-5,10H2,(H,11,12). The van der Waals surface area contributed by atoms with Crippen LogP contribution in [0.3, 0.4) is 0 Å². The summed E-state index contributed by atoms with van der Waals surface area (Å²) in [5.74, 6) is 0.00650. The number of thiophene rings is 1. The maximum absolute atomic E-state index is 11.0. The Labute approximate surface area is 89.5 Å². The third-order valence-electron chi connectivity index (χ3n) is 1.46. The quantitative estimate of drug-likeness (QED) is 0.864. The minimum Gasteiger partial charge on any atom is -0.351 e. The van der Waals surface area contributed by atoms with E-state index in [0.717, 1.165) is 8.66 Å². The Hall–Kier alpha value is -0.390. The number of halogens is 1. The van der Waals surface area contributed by atoms with Gasteiger partial charge in [0, 0.05) is 17.8 Å². The first-order chi connectivity index (χ1) is 6.22. The molecule has 3 nitrogen and oxygen atoms in total. The van der Waals surface area contributed by atoms with Gasteiger partial charge in [0.15, 0.2) is 0 Å². The van der Waals surface area contributed by atoms with Crippen LogP contribution in [-0.4, -0.2) is 12.5 Å². The molecule has 0 spiro atoms. The Balaban J connectivity index is 2.30. The summed E-state index contributed by atoms with van der Waals surface area (Å²) in [7, 11) is 0. The van der Waals surface area contributed by atoms with Gasteiger partial charge in [0.05, 0.1) is 10.3 Å². The molecule has 1 heterocycles. The zero-order valence-corrected chi connectivity index (χ0v) is 9.45. The molecule has 0 aromatic carbocycles. The third kappa shape index (κ3) is 3.89. The van der Waals surface area contributed by atoms with E-state index in [1.807, 2.05) is 12.1 Å². The van der Waals surface area contributed by atoms with E-state index in [9.17, 15) is 4.79 Å². The average Bonchev–Trinajstić information content (AvgIpc) is 2.49. The molecule has 5 heteroatoms. The van der Waals surface area contributed by atoms with Crippen LogP contribution in [0.25, 0.3) is 0 Å². The zero-order chi connectivity index (χ0) is 9.68. The van der Waals surface area contributed by atoms with E-state index in [-0.39, 0.29) is 5.91 Å². The van der Waals surface area contributed by atoms with Crippen molar-refractivity contribution in [3.63, 3.8) is 0 Å². The number of amides is 1. The molecule has 0 unspecified atom stereocenters. The maximum Gasteiger partial charge on any atom is 0.221 e. The summed E-state index contributed by atoms with van der Waals surface area (Å²) in [6.07, 6.45) is 0.395. The molecule has 1 amide bonds. The highest BCUT2D eigenvalue weighted by atomic mass is 79.9. The smallest absolute Gasteiger partial charge is 0.221 e. The van der Waals surface area contributed by atoms with Crippen LogP contribution in [0.4, 0.5) is 0 Å². The number of rotatable bonds is 4. The lowest BCUT2D eigenvalue weighted by atomic mass is 10.4. The van der Waals surface area contributed by atoms with Crippen molar-refractivity contribution in [3.05, 3.63) is 20.8 Å². The second-order valence-electron chi connectivity index (χ2n) is 2.52. The van der Waals surface area contributed by atoms with Crippen LogP contribution in [0, 0.1) is 0 Å². The van der Waals surface area contributed by atoms with Gasteiger partial charge in [-0.05, 0) is 28.1 Å². The van der Waals surface area contributed by atoms with Crippen molar-refractivity contribution in [3.8, 4) is 0 Å². The second kappa shape index (κ2) is 5.36. The van der Waals surface area contributed by atoms with E-state index >= 15 is 0 Å². The molecule has 0 aliphatic rings. The van der Waals surface area contributed by atoms with Crippen LogP contribution in [0.5, 0.6) is 0 Å². The molecule has 1 rings (SSSR count). The van der Waals surface area contributed by atoms with Crippen molar-refractivity contribution in [2.45, 2.75) is 13.0 Å². The predicted octanol–water partition coefficient (Wildman–Crippen LogP) is 1.48. The molecule has 0 aliphatic carbocycles. The van der Waals surface area contributed by atoms with E-state index in [1.165, 1.54) is 0 Å². The lowest BCUT2D eigenvalue weighted by Crippen LogP contribution is -2.24. The minimum atomic E-state index is 0.00650. The van der Waals surface area contributed by atoms with Crippen LogP contribution >= 0.6 is 27.3 Å². The normalized spacial score (nSPS) is 10.0. The molecule has 0 saturated heterocycles. The van der Waals surface area contributed by atoms with Crippen molar-refractivity contribution in [1.29, 1.82) is 0 Å². The van der Waals surface area contributed by atoms with Crippen LogP contribution in [0.1, 0.15) is 11.3 Å². The van der Waals surface area contributed by atoms with Gasteiger partial charge in [-0.1, -0.05) is 0 Å². The largest absolute Gasteiger partial charge is 0.351 e. The summed E-state index contributed by atoms with van der Waals surface area (Å²) in [6.45, 7) is 0.995. The number of nitrogens with two attached hydrogens (primary N) is 1. The summed E-state index contributed by atoms with van der Waals surface area (Å²) < 4.78 is 1.08. The van der Waals surface area contributed by atoms with E-state index in [0.29, 0.717) is 19.5 Å². The highest BCUT2D eigenvalue weighted by molar-refractivity contribution is 9.11. The lowest BCUT2D eigenvalue weighted by Gasteiger charge is -2.00. The van der Waals surface area contributed by atoms with Crippen LogP contribution in [0.2, 0.25) is 0 Å². The van der Waals surface area contributed by atoms with Gasteiger partial charge in [0.1, 0.15) is 0 Å². The molecule has 13 heavy (non-hydrogen) atoms. The highest BCUT2D eigenvalue weighted by Crippen LogP contribution is 2.21. The molecular weight excluding hydrogens is 252 g/mol. The molecule has 0 radical (unpaired) electrons.